The van der Waals surface area contributed by atoms with Crippen molar-refractivity contribution in [2.75, 3.05) is 4.90 Å². The molecule has 1 aromatic heterocycles. The molecule has 0 amide bonds. The molecule has 0 bridgehead atoms. The smallest absolute Gasteiger partial charge is 0.0540 e. The second-order valence-electron chi connectivity index (χ2n) is 13.7. The molecule has 0 radical (unpaired) electrons. The van der Waals surface area contributed by atoms with E-state index in [9.17, 15) is 0 Å². The highest BCUT2D eigenvalue weighted by atomic mass is 32.1. The molecular formula is C52H35NS. The molecule has 10 rings (SSSR count). The lowest BCUT2D eigenvalue weighted by molar-refractivity contribution is 1.28. The van der Waals surface area contributed by atoms with Gasteiger partial charge in [0.1, 0.15) is 0 Å². The van der Waals surface area contributed by atoms with E-state index < -0.39 is 0 Å². The molecule has 0 aliphatic rings. The van der Waals surface area contributed by atoms with Gasteiger partial charge in [-0.1, -0.05) is 176 Å². The molecule has 9 aromatic carbocycles. The van der Waals surface area contributed by atoms with Crippen LogP contribution in [-0.4, -0.2) is 0 Å². The van der Waals surface area contributed by atoms with Gasteiger partial charge in [-0.15, -0.1) is 11.3 Å². The minimum Gasteiger partial charge on any atom is -0.310 e. The maximum atomic E-state index is 2.42. The molecule has 1 heterocycles. The predicted molar refractivity (Wildman–Crippen MR) is 233 cm³/mol. The number of nitrogens with zero attached hydrogens (tertiary/aromatic N) is 1. The third kappa shape index (κ3) is 5.74. The van der Waals surface area contributed by atoms with E-state index in [-0.39, 0.29) is 0 Å². The number of hydrogen-bond acceptors (Lipinski definition) is 2. The standard InChI is InChI=1S/C52H35NS/c1-2-13-36(14-3-1)37-27-29-39(30-28-37)46-20-6-8-25-50(46)53(43-18-10-17-41(35-43)45-22-11-16-38-15-4-5-19-44(38)45)42-33-31-40(32-34-42)47-23-12-24-49-48-21-7-9-26-51(48)54-52(47)49/h1-35H. The molecule has 0 saturated carbocycles. The van der Waals surface area contributed by atoms with Crippen LogP contribution in [-0.2, 0) is 0 Å². The molecule has 0 aliphatic carbocycles. The van der Waals surface area contributed by atoms with E-state index >= 15 is 0 Å². The maximum Gasteiger partial charge on any atom is 0.0540 e. The van der Waals surface area contributed by atoms with Gasteiger partial charge in [0.05, 0.1) is 5.69 Å². The van der Waals surface area contributed by atoms with Crippen molar-refractivity contribution in [2.24, 2.45) is 0 Å². The minimum atomic E-state index is 1.10. The maximum absolute atomic E-state index is 2.42. The first-order valence-corrected chi connectivity index (χ1v) is 19.2. The Balaban J connectivity index is 1.12. The lowest BCUT2D eigenvalue weighted by atomic mass is 9.96. The van der Waals surface area contributed by atoms with Gasteiger partial charge in [-0.05, 0) is 86.1 Å². The number of fused-ring (bicyclic) bond motifs is 4. The molecule has 254 valence electrons. The van der Waals surface area contributed by atoms with E-state index in [1.165, 1.54) is 75.5 Å². The van der Waals surface area contributed by atoms with Crippen LogP contribution in [0.5, 0.6) is 0 Å². The molecule has 0 saturated heterocycles. The zero-order valence-corrected chi connectivity index (χ0v) is 30.4. The van der Waals surface area contributed by atoms with Crippen molar-refractivity contribution in [3.05, 3.63) is 212 Å². The van der Waals surface area contributed by atoms with Crippen LogP contribution >= 0.6 is 11.3 Å². The second-order valence-corrected chi connectivity index (χ2v) is 14.8. The van der Waals surface area contributed by atoms with Gasteiger partial charge in [0.2, 0.25) is 0 Å². The summed E-state index contributed by atoms with van der Waals surface area (Å²) >= 11 is 1.88. The summed E-state index contributed by atoms with van der Waals surface area (Å²) in [6, 6.07) is 77.1. The molecule has 10 aromatic rings. The number of para-hydroxylation sites is 1. The van der Waals surface area contributed by atoms with Gasteiger partial charge >= 0.3 is 0 Å². The Labute approximate surface area is 319 Å². The summed E-state index contributed by atoms with van der Waals surface area (Å²) in [6.07, 6.45) is 0. The zero-order chi connectivity index (χ0) is 35.8. The van der Waals surface area contributed by atoms with Crippen molar-refractivity contribution in [1.82, 2.24) is 0 Å². The first-order chi connectivity index (χ1) is 26.8. The molecule has 0 aliphatic heterocycles. The average molecular weight is 706 g/mol. The number of anilines is 3. The Hall–Kier alpha value is -6.74. The molecule has 0 N–H and O–H groups in total. The predicted octanol–water partition coefficient (Wildman–Crippen LogP) is 15.3. The Morgan fingerprint density at radius 2 is 0.870 bits per heavy atom. The minimum absolute atomic E-state index is 1.10. The van der Waals surface area contributed by atoms with E-state index in [1.54, 1.807) is 0 Å². The summed E-state index contributed by atoms with van der Waals surface area (Å²) in [7, 11) is 0. The summed E-state index contributed by atoms with van der Waals surface area (Å²) < 4.78 is 2.65. The molecule has 0 spiro atoms. The van der Waals surface area contributed by atoms with Crippen LogP contribution in [0.4, 0.5) is 17.1 Å². The number of thiophene rings is 1. The van der Waals surface area contributed by atoms with Crippen molar-refractivity contribution in [1.29, 1.82) is 0 Å². The summed E-state index contributed by atoms with van der Waals surface area (Å²) in [6.45, 7) is 0. The van der Waals surface area contributed by atoms with Crippen LogP contribution in [0.25, 0.3) is 75.5 Å². The lowest BCUT2D eigenvalue weighted by Crippen LogP contribution is -2.11. The number of hydrogen-bond donors (Lipinski definition) is 0. The highest BCUT2D eigenvalue weighted by Crippen LogP contribution is 2.44. The monoisotopic (exact) mass is 705 g/mol. The van der Waals surface area contributed by atoms with Crippen LogP contribution in [0.15, 0.2) is 212 Å². The van der Waals surface area contributed by atoms with Crippen molar-refractivity contribution < 1.29 is 0 Å². The number of benzene rings is 9. The molecular weight excluding hydrogens is 671 g/mol. The summed E-state index contributed by atoms with van der Waals surface area (Å²) in [5.74, 6) is 0. The fraction of sp³-hybridized carbons (Fsp3) is 0. The summed E-state index contributed by atoms with van der Waals surface area (Å²) in [4.78, 5) is 2.42. The van der Waals surface area contributed by atoms with E-state index in [0.29, 0.717) is 0 Å². The zero-order valence-electron chi connectivity index (χ0n) is 29.6. The van der Waals surface area contributed by atoms with Gasteiger partial charge in [0.25, 0.3) is 0 Å². The Bertz CT molecular complexity index is 2920. The highest BCUT2D eigenvalue weighted by molar-refractivity contribution is 7.26. The molecule has 1 nitrogen and oxygen atoms in total. The van der Waals surface area contributed by atoms with Crippen LogP contribution in [0.3, 0.4) is 0 Å². The topological polar surface area (TPSA) is 3.24 Å². The Morgan fingerprint density at radius 1 is 0.315 bits per heavy atom. The number of rotatable bonds is 7. The van der Waals surface area contributed by atoms with Crippen molar-refractivity contribution in [3.63, 3.8) is 0 Å². The van der Waals surface area contributed by atoms with Crippen molar-refractivity contribution in [3.8, 4) is 44.5 Å². The van der Waals surface area contributed by atoms with Gasteiger partial charge in [-0.2, -0.15) is 0 Å². The molecule has 0 fully saturated rings. The lowest BCUT2D eigenvalue weighted by Gasteiger charge is -2.28. The summed E-state index contributed by atoms with van der Waals surface area (Å²) in [5.41, 5.74) is 13.0. The van der Waals surface area contributed by atoms with E-state index in [2.05, 4.69) is 217 Å². The van der Waals surface area contributed by atoms with Crippen LogP contribution in [0, 0.1) is 0 Å². The quantitative estimate of drug-likeness (QED) is 0.160. The average Bonchev–Trinajstić information content (AvgIpc) is 3.64. The van der Waals surface area contributed by atoms with E-state index in [0.717, 1.165) is 17.1 Å². The van der Waals surface area contributed by atoms with E-state index in [1.807, 2.05) is 11.3 Å². The Kier molecular flexibility index (Phi) is 8.09. The fourth-order valence-electron chi connectivity index (χ4n) is 7.87. The fourth-order valence-corrected chi connectivity index (χ4v) is 9.11. The third-order valence-electron chi connectivity index (χ3n) is 10.5. The van der Waals surface area contributed by atoms with Gasteiger partial charge in [-0.3, -0.25) is 0 Å². The van der Waals surface area contributed by atoms with E-state index in [4.69, 9.17) is 0 Å². The Morgan fingerprint density at radius 3 is 1.74 bits per heavy atom. The van der Waals surface area contributed by atoms with Gasteiger partial charge < -0.3 is 4.90 Å². The molecule has 2 heteroatoms. The van der Waals surface area contributed by atoms with Crippen LogP contribution in [0.1, 0.15) is 0 Å². The van der Waals surface area contributed by atoms with Gasteiger partial charge in [-0.25, -0.2) is 0 Å². The molecule has 0 unspecified atom stereocenters. The first kappa shape index (κ1) is 32.0. The second kappa shape index (κ2) is 13.7. The van der Waals surface area contributed by atoms with Crippen LogP contribution < -0.4 is 4.90 Å². The molecule has 0 atom stereocenters. The van der Waals surface area contributed by atoms with Crippen molar-refractivity contribution in [2.45, 2.75) is 0 Å². The highest BCUT2D eigenvalue weighted by Gasteiger charge is 2.19. The van der Waals surface area contributed by atoms with Gasteiger partial charge in [0, 0.05) is 37.1 Å². The third-order valence-corrected chi connectivity index (χ3v) is 11.7. The SMILES string of the molecule is c1ccc(-c2ccc(-c3ccccc3N(c3ccc(-c4cccc5c4sc4ccccc45)cc3)c3cccc(-c4cccc5ccccc45)c3)cc2)cc1. The first-order valence-electron chi connectivity index (χ1n) is 18.4. The largest absolute Gasteiger partial charge is 0.310 e. The normalized spacial score (nSPS) is 11.3. The summed E-state index contributed by atoms with van der Waals surface area (Å²) in [5, 5.41) is 5.13. The molecule has 54 heavy (non-hydrogen) atoms. The van der Waals surface area contributed by atoms with Crippen molar-refractivity contribution >= 4 is 59.3 Å². The van der Waals surface area contributed by atoms with Gasteiger partial charge in [0.15, 0.2) is 0 Å². The van der Waals surface area contributed by atoms with Crippen LogP contribution in [0.2, 0.25) is 0 Å².